The fraction of sp³-hybridized carbons (Fsp3) is 0.214. The van der Waals surface area contributed by atoms with Crippen molar-refractivity contribution in [1.29, 1.82) is 0 Å². The zero-order chi connectivity index (χ0) is 15.2. The monoisotopic (exact) mass is 322 g/mol. The van der Waals surface area contributed by atoms with Crippen LogP contribution in [0.3, 0.4) is 0 Å². The summed E-state index contributed by atoms with van der Waals surface area (Å²) >= 11 is 2.78. The topological polar surface area (TPSA) is 68.3 Å². The highest BCUT2D eigenvalue weighted by atomic mass is 32.2. The molecular weight excluding hydrogens is 308 g/mol. The van der Waals surface area contributed by atoms with Crippen LogP contribution >= 0.6 is 23.1 Å². The van der Waals surface area contributed by atoms with E-state index in [1.54, 1.807) is 6.92 Å². The number of carbonyl (C=O) groups is 2. The highest BCUT2D eigenvalue weighted by Gasteiger charge is 2.19. The normalized spacial score (nSPS) is 11.7. The van der Waals surface area contributed by atoms with Gasteiger partial charge in [0.25, 0.3) is 0 Å². The Bertz CT molecular complexity index is 628. The van der Waals surface area contributed by atoms with Gasteiger partial charge in [-0.25, -0.2) is 9.78 Å². The highest BCUT2D eigenvalue weighted by Crippen LogP contribution is 2.30. The molecule has 7 heteroatoms. The van der Waals surface area contributed by atoms with E-state index in [-0.39, 0.29) is 0 Å². The number of rotatable bonds is 4. The number of ether oxygens (including phenoxy) is 1. The van der Waals surface area contributed by atoms with Gasteiger partial charge in [0.15, 0.2) is 4.34 Å². The van der Waals surface area contributed by atoms with Crippen molar-refractivity contribution in [3.63, 3.8) is 0 Å². The Kier molecular flexibility index (Phi) is 5.35. The van der Waals surface area contributed by atoms with Crippen LogP contribution in [0.5, 0.6) is 0 Å². The lowest BCUT2D eigenvalue weighted by Crippen LogP contribution is -2.35. The second kappa shape index (κ2) is 7.24. The molecule has 2 aromatic rings. The van der Waals surface area contributed by atoms with Crippen LogP contribution in [-0.4, -0.2) is 29.3 Å². The van der Waals surface area contributed by atoms with Crippen molar-refractivity contribution < 1.29 is 14.3 Å². The predicted octanol–water partition coefficient (Wildman–Crippen LogP) is 3.17. The largest absolute Gasteiger partial charge is 0.453 e. The van der Waals surface area contributed by atoms with Crippen molar-refractivity contribution >= 4 is 35.1 Å². The van der Waals surface area contributed by atoms with E-state index in [1.807, 2.05) is 35.7 Å². The molecule has 1 N–H and O–H groups in total. The van der Waals surface area contributed by atoms with Crippen LogP contribution < -0.4 is 5.32 Å². The number of nitrogens with one attached hydrogen (secondary N) is 1. The summed E-state index contributed by atoms with van der Waals surface area (Å²) in [7, 11) is 1.22. The van der Waals surface area contributed by atoms with Gasteiger partial charge in [0.05, 0.1) is 18.1 Å². The van der Waals surface area contributed by atoms with E-state index < -0.39 is 17.3 Å². The van der Waals surface area contributed by atoms with E-state index >= 15 is 0 Å². The second-order valence-corrected chi connectivity index (χ2v) is 6.55. The Morgan fingerprint density at radius 1 is 1.33 bits per heavy atom. The van der Waals surface area contributed by atoms with Gasteiger partial charge in [-0.15, -0.1) is 11.3 Å². The number of nitrogens with zero attached hydrogens (tertiary/aromatic N) is 1. The number of carbonyl (C=O) groups excluding carboxylic acids is 2. The van der Waals surface area contributed by atoms with Gasteiger partial charge < -0.3 is 4.74 Å². The number of thiazole rings is 1. The molecule has 1 atom stereocenters. The molecule has 1 heterocycles. The number of imide groups is 1. The number of benzene rings is 1. The summed E-state index contributed by atoms with van der Waals surface area (Å²) < 4.78 is 5.17. The van der Waals surface area contributed by atoms with Gasteiger partial charge in [-0.1, -0.05) is 42.1 Å². The first-order valence-electron chi connectivity index (χ1n) is 6.16. The van der Waals surface area contributed by atoms with E-state index in [9.17, 15) is 9.59 Å². The molecular formula is C14H14N2O3S2. The van der Waals surface area contributed by atoms with Crippen molar-refractivity contribution in [2.45, 2.75) is 16.5 Å². The Labute approximate surface area is 130 Å². The van der Waals surface area contributed by atoms with Gasteiger partial charge in [0.2, 0.25) is 5.91 Å². The van der Waals surface area contributed by atoms with Crippen molar-refractivity contribution in [2.75, 3.05) is 7.11 Å². The Hall–Kier alpha value is -1.86. The minimum absolute atomic E-state index is 0.400. The van der Waals surface area contributed by atoms with E-state index in [4.69, 9.17) is 0 Å². The SMILES string of the molecule is COC(=O)NC(=O)[C@H](C)Sc1nc(-c2ccccc2)cs1. The number of hydrogen-bond acceptors (Lipinski definition) is 6. The third-order valence-corrected chi connectivity index (χ3v) is 4.68. The molecule has 0 saturated heterocycles. The first-order valence-corrected chi connectivity index (χ1v) is 7.92. The number of methoxy groups -OCH3 is 1. The first-order chi connectivity index (χ1) is 10.1. The van der Waals surface area contributed by atoms with Crippen molar-refractivity contribution in [3.8, 4) is 11.3 Å². The fourth-order valence-electron chi connectivity index (χ4n) is 1.51. The van der Waals surface area contributed by atoms with Crippen molar-refractivity contribution in [2.24, 2.45) is 0 Å². The molecule has 0 radical (unpaired) electrons. The summed E-state index contributed by atoms with van der Waals surface area (Å²) in [5.41, 5.74) is 1.91. The van der Waals surface area contributed by atoms with Gasteiger partial charge in [0, 0.05) is 10.9 Å². The number of alkyl carbamates (subject to hydrolysis) is 1. The molecule has 0 bridgehead atoms. The fourth-order valence-corrected chi connectivity index (χ4v) is 3.48. The Balaban J connectivity index is 1.99. The minimum atomic E-state index is -0.753. The third kappa shape index (κ3) is 4.30. The molecule has 110 valence electrons. The smallest absolute Gasteiger partial charge is 0.413 e. The minimum Gasteiger partial charge on any atom is -0.453 e. The second-order valence-electron chi connectivity index (χ2n) is 4.11. The van der Waals surface area contributed by atoms with E-state index in [0.29, 0.717) is 0 Å². The molecule has 2 rings (SSSR count). The van der Waals surface area contributed by atoms with Crippen LogP contribution in [0.15, 0.2) is 40.1 Å². The highest BCUT2D eigenvalue weighted by molar-refractivity contribution is 8.02. The molecule has 21 heavy (non-hydrogen) atoms. The number of aromatic nitrogens is 1. The maximum Gasteiger partial charge on any atom is 0.413 e. The molecule has 0 aliphatic rings. The van der Waals surface area contributed by atoms with Gasteiger partial charge >= 0.3 is 6.09 Å². The molecule has 0 saturated carbocycles. The quantitative estimate of drug-likeness (QED) is 0.876. The summed E-state index contributed by atoms with van der Waals surface area (Å²) in [6.45, 7) is 1.71. The first kappa shape index (κ1) is 15.5. The molecule has 0 aliphatic heterocycles. The van der Waals surface area contributed by atoms with Gasteiger partial charge in [-0.3, -0.25) is 10.1 Å². The lowest BCUT2D eigenvalue weighted by molar-refractivity contribution is -0.119. The van der Waals surface area contributed by atoms with Crippen LogP contribution in [0.1, 0.15) is 6.92 Å². The Morgan fingerprint density at radius 2 is 2.05 bits per heavy atom. The lowest BCUT2D eigenvalue weighted by Gasteiger charge is -2.08. The molecule has 1 aromatic heterocycles. The average molecular weight is 322 g/mol. The van der Waals surface area contributed by atoms with Gasteiger partial charge in [-0.2, -0.15) is 0 Å². The third-order valence-electron chi connectivity index (χ3n) is 2.61. The number of amides is 2. The van der Waals surface area contributed by atoms with E-state index in [0.717, 1.165) is 15.6 Å². The number of thioether (sulfide) groups is 1. The molecule has 0 unspecified atom stereocenters. The van der Waals surface area contributed by atoms with E-state index in [1.165, 1.54) is 30.2 Å². The molecule has 0 aliphatic carbocycles. The lowest BCUT2D eigenvalue weighted by atomic mass is 10.2. The Morgan fingerprint density at radius 3 is 2.71 bits per heavy atom. The summed E-state index contributed by atoms with van der Waals surface area (Å²) in [5, 5.41) is 3.66. The summed E-state index contributed by atoms with van der Waals surface area (Å²) in [6.07, 6.45) is -0.753. The average Bonchev–Trinajstić information content (AvgIpc) is 2.96. The zero-order valence-corrected chi connectivity index (χ0v) is 13.2. The molecule has 1 aromatic carbocycles. The number of hydrogen-bond donors (Lipinski definition) is 1. The van der Waals surface area contributed by atoms with Crippen LogP contribution in [0.25, 0.3) is 11.3 Å². The molecule has 2 amide bonds. The van der Waals surface area contributed by atoms with E-state index in [2.05, 4.69) is 15.0 Å². The van der Waals surface area contributed by atoms with Gasteiger partial charge in [-0.05, 0) is 6.92 Å². The summed E-state index contributed by atoms with van der Waals surface area (Å²) in [6, 6.07) is 9.82. The molecule has 0 fully saturated rings. The molecule has 0 spiro atoms. The van der Waals surface area contributed by atoms with Gasteiger partial charge in [0.1, 0.15) is 0 Å². The van der Waals surface area contributed by atoms with Crippen LogP contribution in [0.4, 0.5) is 4.79 Å². The van der Waals surface area contributed by atoms with Crippen LogP contribution in [0.2, 0.25) is 0 Å². The molecule has 5 nitrogen and oxygen atoms in total. The summed E-state index contributed by atoms with van der Waals surface area (Å²) in [4.78, 5) is 27.2. The van der Waals surface area contributed by atoms with Crippen LogP contribution in [0, 0.1) is 0 Å². The van der Waals surface area contributed by atoms with Crippen molar-refractivity contribution in [3.05, 3.63) is 35.7 Å². The van der Waals surface area contributed by atoms with Crippen molar-refractivity contribution in [1.82, 2.24) is 10.3 Å². The van der Waals surface area contributed by atoms with Crippen LogP contribution in [-0.2, 0) is 9.53 Å². The summed E-state index contributed by atoms with van der Waals surface area (Å²) in [5.74, 6) is -0.400. The maximum absolute atomic E-state index is 11.7. The zero-order valence-electron chi connectivity index (χ0n) is 11.5. The maximum atomic E-state index is 11.7. The standard InChI is InChI=1S/C14H14N2O3S2/c1-9(12(17)16-13(18)19-2)21-14-15-11(8-20-14)10-6-4-3-5-7-10/h3-9H,1-2H3,(H,16,17,18)/t9-/m0/s1. The predicted molar refractivity (Wildman–Crippen MR) is 83.4 cm³/mol.